The minimum absolute atomic E-state index is 0.0713. The minimum Gasteiger partial charge on any atom is -0.493 e. The lowest BCUT2D eigenvalue weighted by Gasteiger charge is -2.11. The van der Waals surface area contributed by atoms with Crippen LogP contribution in [0, 0.1) is 21.4 Å². The first-order valence-corrected chi connectivity index (χ1v) is 10.4. The first-order valence-electron chi connectivity index (χ1n) is 10.4. The summed E-state index contributed by atoms with van der Waals surface area (Å²) < 4.78 is 11.0. The zero-order valence-electron chi connectivity index (χ0n) is 18.5. The van der Waals surface area contributed by atoms with Crippen molar-refractivity contribution in [1.29, 1.82) is 5.26 Å². The zero-order valence-corrected chi connectivity index (χ0v) is 18.5. The number of nitro benzene ring substituents is 1. The number of nitrogens with zero attached hydrogens (tertiary/aromatic N) is 3. The number of benzene rings is 3. The van der Waals surface area contributed by atoms with E-state index in [2.05, 4.69) is 21.4 Å². The molecule has 4 aromatic rings. The number of imidazole rings is 1. The fourth-order valence-corrected chi connectivity index (χ4v) is 3.30. The number of nitro groups is 1. The second-order valence-corrected chi connectivity index (χ2v) is 7.32. The number of carbonyl (C=O) groups is 1. The number of anilines is 1. The van der Waals surface area contributed by atoms with Crippen molar-refractivity contribution in [3.8, 4) is 17.6 Å². The van der Waals surface area contributed by atoms with Crippen molar-refractivity contribution in [2.24, 2.45) is 0 Å². The van der Waals surface area contributed by atoms with Gasteiger partial charge in [-0.2, -0.15) is 5.26 Å². The van der Waals surface area contributed by atoms with Crippen LogP contribution in [-0.4, -0.2) is 34.5 Å². The molecule has 0 bridgehead atoms. The SMILES string of the molecule is COc1cc(/C=C(\C#N)c2nc3ccccc3[nH]2)ccc1OCC(=O)Nc1ccc([N+](=O)[O-])cc1. The molecule has 35 heavy (non-hydrogen) atoms. The number of ether oxygens (including phenoxy) is 2. The van der Waals surface area contributed by atoms with E-state index in [1.165, 1.54) is 31.4 Å². The highest BCUT2D eigenvalue weighted by Crippen LogP contribution is 2.30. The molecule has 1 heterocycles. The number of amides is 1. The highest BCUT2D eigenvalue weighted by atomic mass is 16.6. The average molecular weight is 469 g/mol. The van der Waals surface area contributed by atoms with Crippen LogP contribution >= 0.6 is 0 Å². The van der Waals surface area contributed by atoms with Gasteiger partial charge in [-0.25, -0.2) is 4.98 Å². The lowest BCUT2D eigenvalue weighted by atomic mass is 10.1. The molecule has 174 valence electrons. The Balaban J connectivity index is 1.45. The molecule has 0 saturated heterocycles. The van der Waals surface area contributed by atoms with Crippen molar-refractivity contribution >= 4 is 40.0 Å². The predicted molar refractivity (Wildman–Crippen MR) is 130 cm³/mol. The number of nitrogens with one attached hydrogen (secondary N) is 2. The molecule has 10 heteroatoms. The number of hydrogen-bond donors (Lipinski definition) is 2. The van der Waals surface area contributed by atoms with Crippen LogP contribution in [0.5, 0.6) is 11.5 Å². The van der Waals surface area contributed by atoms with Crippen LogP contribution in [0.25, 0.3) is 22.7 Å². The molecule has 4 rings (SSSR count). The average Bonchev–Trinajstić information content (AvgIpc) is 3.30. The van der Waals surface area contributed by atoms with E-state index in [1.54, 1.807) is 24.3 Å². The number of nitriles is 1. The summed E-state index contributed by atoms with van der Waals surface area (Å²) in [5.74, 6) is 0.729. The van der Waals surface area contributed by atoms with Gasteiger partial charge in [0.05, 0.1) is 28.6 Å². The van der Waals surface area contributed by atoms with Crippen molar-refractivity contribution in [2.45, 2.75) is 0 Å². The van der Waals surface area contributed by atoms with Crippen molar-refractivity contribution in [2.75, 3.05) is 19.0 Å². The van der Waals surface area contributed by atoms with E-state index >= 15 is 0 Å². The molecular formula is C25H19N5O5. The number of para-hydroxylation sites is 2. The number of aromatic amines is 1. The molecule has 2 N–H and O–H groups in total. The Kier molecular flexibility index (Phi) is 6.69. The van der Waals surface area contributed by atoms with Gasteiger partial charge in [0.1, 0.15) is 11.9 Å². The first-order chi connectivity index (χ1) is 17.0. The van der Waals surface area contributed by atoms with Crippen LogP contribution in [0.15, 0.2) is 66.7 Å². The molecule has 0 atom stereocenters. The number of rotatable bonds is 8. The topological polar surface area (TPSA) is 143 Å². The largest absolute Gasteiger partial charge is 0.493 e. The Morgan fingerprint density at radius 1 is 1.17 bits per heavy atom. The Hall–Kier alpha value is -5.17. The van der Waals surface area contributed by atoms with Gasteiger partial charge in [-0.05, 0) is 48.0 Å². The fourth-order valence-electron chi connectivity index (χ4n) is 3.30. The van der Waals surface area contributed by atoms with Crippen LogP contribution in [0.1, 0.15) is 11.4 Å². The number of H-pyrrole nitrogens is 1. The van der Waals surface area contributed by atoms with Gasteiger partial charge in [0.25, 0.3) is 11.6 Å². The Morgan fingerprint density at radius 2 is 1.94 bits per heavy atom. The van der Waals surface area contributed by atoms with Crippen LogP contribution in [0.4, 0.5) is 11.4 Å². The Bertz CT molecular complexity index is 1430. The van der Waals surface area contributed by atoms with E-state index in [0.717, 1.165) is 11.0 Å². The summed E-state index contributed by atoms with van der Waals surface area (Å²) >= 11 is 0. The summed E-state index contributed by atoms with van der Waals surface area (Å²) in [5, 5.41) is 23.0. The van der Waals surface area contributed by atoms with Crippen LogP contribution in [-0.2, 0) is 4.79 Å². The maximum Gasteiger partial charge on any atom is 0.269 e. The third-order valence-electron chi connectivity index (χ3n) is 4.98. The van der Waals surface area contributed by atoms with Gasteiger partial charge >= 0.3 is 0 Å². The fraction of sp³-hybridized carbons (Fsp3) is 0.0800. The van der Waals surface area contributed by atoms with Crippen LogP contribution in [0.3, 0.4) is 0 Å². The Labute approximate surface area is 199 Å². The number of non-ortho nitro benzene ring substituents is 1. The second kappa shape index (κ2) is 10.2. The quantitative estimate of drug-likeness (QED) is 0.219. The lowest BCUT2D eigenvalue weighted by Crippen LogP contribution is -2.20. The number of fused-ring (bicyclic) bond motifs is 1. The molecule has 0 fully saturated rings. The molecule has 10 nitrogen and oxygen atoms in total. The van der Waals surface area contributed by atoms with Gasteiger partial charge < -0.3 is 19.8 Å². The maximum atomic E-state index is 12.2. The summed E-state index contributed by atoms with van der Waals surface area (Å²) in [5.41, 5.74) is 2.96. The van der Waals surface area contributed by atoms with Crippen molar-refractivity contribution in [3.63, 3.8) is 0 Å². The van der Waals surface area contributed by atoms with E-state index < -0.39 is 10.8 Å². The molecule has 0 aliphatic heterocycles. The zero-order chi connectivity index (χ0) is 24.8. The summed E-state index contributed by atoms with van der Waals surface area (Å²) in [7, 11) is 1.47. The van der Waals surface area contributed by atoms with Gasteiger partial charge in [-0.15, -0.1) is 0 Å². The Morgan fingerprint density at radius 3 is 2.63 bits per heavy atom. The highest BCUT2D eigenvalue weighted by molar-refractivity contribution is 5.92. The molecule has 0 spiro atoms. The normalized spacial score (nSPS) is 11.0. The molecule has 1 amide bonds. The van der Waals surface area contributed by atoms with E-state index in [9.17, 15) is 20.2 Å². The summed E-state index contributed by atoms with van der Waals surface area (Å²) in [4.78, 5) is 30.0. The molecule has 0 radical (unpaired) electrons. The van der Waals surface area contributed by atoms with Gasteiger partial charge in [-0.3, -0.25) is 14.9 Å². The smallest absolute Gasteiger partial charge is 0.269 e. The summed E-state index contributed by atoms with van der Waals surface area (Å²) in [6.45, 7) is -0.301. The minimum atomic E-state index is -0.518. The number of allylic oxidation sites excluding steroid dienone is 1. The third-order valence-corrected chi connectivity index (χ3v) is 4.98. The van der Waals surface area contributed by atoms with Crippen molar-refractivity contribution in [1.82, 2.24) is 9.97 Å². The number of carbonyl (C=O) groups excluding carboxylic acids is 1. The molecule has 1 aromatic heterocycles. The van der Waals surface area contributed by atoms with Gasteiger partial charge in [0, 0.05) is 17.8 Å². The van der Waals surface area contributed by atoms with Gasteiger partial charge in [0.15, 0.2) is 18.1 Å². The molecule has 0 unspecified atom stereocenters. The van der Waals surface area contributed by atoms with Crippen molar-refractivity contribution in [3.05, 3.63) is 88.2 Å². The standard InChI is InChI=1S/C25H19N5O5/c1-34-23-13-16(12-17(14-26)25-28-20-4-2-3-5-21(20)29-25)6-11-22(23)35-15-24(31)27-18-7-9-19(10-8-18)30(32)33/h2-13H,15H2,1H3,(H,27,31)(H,28,29)/b17-12+. The van der Waals surface area contributed by atoms with Gasteiger partial charge in [-0.1, -0.05) is 18.2 Å². The summed E-state index contributed by atoms with van der Waals surface area (Å²) in [6.07, 6.45) is 1.67. The summed E-state index contributed by atoms with van der Waals surface area (Å²) in [6, 6.07) is 20.2. The lowest BCUT2D eigenvalue weighted by molar-refractivity contribution is -0.384. The van der Waals surface area contributed by atoms with E-state index in [0.29, 0.717) is 34.1 Å². The van der Waals surface area contributed by atoms with E-state index in [1.807, 2.05) is 24.3 Å². The van der Waals surface area contributed by atoms with E-state index in [-0.39, 0.29) is 12.3 Å². The number of methoxy groups -OCH3 is 1. The third kappa shape index (κ3) is 5.43. The monoisotopic (exact) mass is 469 g/mol. The second-order valence-electron chi connectivity index (χ2n) is 7.32. The highest BCUT2D eigenvalue weighted by Gasteiger charge is 2.12. The predicted octanol–water partition coefficient (Wildman–Crippen LogP) is 4.56. The van der Waals surface area contributed by atoms with E-state index in [4.69, 9.17) is 9.47 Å². The first kappa shape index (κ1) is 23.0. The molecular weight excluding hydrogens is 450 g/mol. The van der Waals surface area contributed by atoms with Gasteiger partial charge in [0.2, 0.25) is 0 Å². The number of aromatic nitrogens is 2. The molecule has 0 saturated carbocycles. The molecule has 0 aliphatic carbocycles. The molecule has 3 aromatic carbocycles. The molecule has 0 aliphatic rings. The van der Waals surface area contributed by atoms with Crippen LogP contribution in [0.2, 0.25) is 0 Å². The number of hydrogen-bond acceptors (Lipinski definition) is 7. The van der Waals surface area contributed by atoms with Crippen molar-refractivity contribution < 1.29 is 19.2 Å². The maximum absolute atomic E-state index is 12.2. The van der Waals surface area contributed by atoms with Crippen LogP contribution < -0.4 is 14.8 Å².